The Balaban J connectivity index is 2.18. The third kappa shape index (κ3) is 2.39. The lowest BCUT2D eigenvalue weighted by atomic mass is 10.2. The van der Waals surface area contributed by atoms with Gasteiger partial charge in [-0.25, -0.2) is 0 Å². The molecule has 2 aromatic rings. The van der Waals surface area contributed by atoms with Gasteiger partial charge in [0, 0.05) is 30.1 Å². The Morgan fingerprint density at radius 2 is 2.12 bits per heavy atom. The third-order valence-corrected chi connectivity index (χ3v) is 2.43. The Kier molecular flexibility index (Phi) is 3.19. The summed E-state index contributed by atoms with van der Waals surface area (Å²) < 4.78 is 1.92. The van der Waals surface area contributed by atoms with E-state index < -0.39 is 0 Å². The molecule has 0 aliphatic carbocycles. The molecule has 0 spiro atoms. The minimum atomic E-state index is 0.179. The zero-order valence-corrected chi connectivity index (χ0v) is 9.30. The first kappa shape index (κ1) is 10.7. The van der Waals surface area contributed by atoms with E-state index in [1.54, 1.807) is 18.5 Å². The molecule has 0 aliphatic rings. The number of hydrogen-bond donors (Lipinski definition) is 1. The normalized spacial score (nSPS) is 10.6. The van der Waals surface area contributed by atoms with E-state index in [9.17, 15) is 5.11 Å². The van der Waals surface area contributed by atoms with Crippen LogP contribution in [-0.4, -0.2) is 19.9 Å². The first-order valence-electron chi connectivity index (χ1n) is 5.46. The van der Waals surface area contributed by atoms with Crippen LogP contribution in [0.25, 0.3) is 11.1 Å². The third-order valence-electron chi connectivity index (χ3n) is 2.43. The molecule has 0 amide bonds. The van der Waals surface area contributed by atoms with Gasteiger partial charge in [0.15, 0.2) is 0 Å². The molecular weight excluding hydrogens is 202 g/mol. The van der Waals surface area contributed by atoms with Crippen molar-refractivity contribution in [1.82, 2.24) is 14.8 Å². The summed E-state index contributed by atoms with van der Waals surface area (Å²) in [6.45, 7) is 3.09. The number of aromatic hydroxyl groups is 1. The average Bonchev–Trinajstić information content (AvgIpc) is 2.75. The summed E-state index contributed by atoms with van der Waals surface area (Å²) in [6, 6.07) is 1.69. The molecule has 0 aliphatic heterocycles. The van der Waals surface area contributed by atoms with Gasteiger partial charge in [-0.1, -0.05) is 13.3 Å². The molecule has 0 bridgehead atoms. The van der Waals surface area contributed by atoms with Gasteiger partial charge in [-0.3, -0.25) is 9.67 Å². The standard InChI is InChI=1S/C12H15N3O/c1-2-3-4-15-9-11(7-14-15)10-5-12(16)8-13-6-10/h5-9,16H,2-4H2,1H3. The molecule has 0 aromatic carbocycles. The fraction of sp³-hybridized carbons (Fsp3) is 0.333. The van der Waals surface area contributed by atoms with E-state index >= 15 is 0 Å². The molecule has 0 radical (unpaired) electrons. The Morgan fingerprint density at radius 1 is 1.25 bits per heavy atom. The van der Waals surface area contributed by atoms with Gasteiger partial charge in [0.2, 0.25) is 0 Å². The summed E-state index contributed by atoms with van der Waals surface area (Å²) in [4.78, 5) is 3.94. The van der Waals surface area contributed by atoms with Crippen molar-refractivity contribution in [3.05, 3.63) is 30.9 Å². The highest BCUT2D eigenvalue weighted by Crippen LogP contribution is 2.21. The molecule has 2 heterocycles. The highest BCUT2D eigenvalue weighted by Gasteiger charge is 2.02. The van der Waals surface area contributed by atoms with Crippen LogP contribution < -0.4 is 0 Å². The summed E-state index contributed by atoms with van der Waals surface area (Å²) in [7, 11) is 0. The lowest BCUT2D eigenvalue weighted by molar-refractivity contribution is 0.473. The number of nitrogens with zero attached hydrogens (tertiary/aromatic N) is 3. The van der Waals surface area contributed by atoms with Crippen LogP contribution in [-0.2, 0) is 6.54 Å². The summed E-state index contributed by atoms with van der Waals surface area (Å²) in [5.41, 5.74) is 1.88. The molecule has 16 heavy (non-hydrogen) atoms. The smallest absolute Gasteiger partial charge is 0.134 e. The molecule has 0 unspecified atom stereocenters. The molecule has 0 atom stereocenters. The molecular formula is C12H15N3O. The van der Waals surface area contributed by atoms with Crippen molar-refractivity contribution < 1.29 is 5.11 Å². The maximum Gasteiger partial charge on any atom is 0.134 e. The SMILES string of the molecule is CCCCn1cc(-c2cncc(O)c2)cn1. The fourth-order valence-corrected chi connectivity index (χ4v) is 1.54. The van der Waals surface area contributed by atoms with Gasteiger partial charge in [0.05, 0.1) is 12.4 Å². The van der Waals surface area contributed by atoms with E-state index in [0.29, 0.717) is 0 Å². The zero-order valence-electron chi connectivity index (χ0n) is 9.30. The van der Waals surface area contributed by atoms with Crippen molar-refractivity contribution >= 4 is 0 Å². The zero-order chi connectivity index (χ0) is 11.4. The topological polar surface area (TPSA) is 50.9 Å². The highest BCUT2D eigenvalue weighted by molar-refractivity contribution is 5.61. The van der Waals surface area contributed by atoms with Crippen LogP contribution in [0.2, 0.25) is 0 Å². The highest BCUT2D eigenvalue weighted by atomic mass is 16.3. The van der Waals surface area contributed by atoms with Gasteiger partial charge >= 0.3 is 0 Å². The van der Waals surface area contributed by atoms with Crippen molar-refractivity contribution in [3.8, 4) is 16.9 Å². The minimum Gasteiger partial charge on any atom is -0.506 e. The van der Waals surface area contributed by atoms with Crippen LogP contribution >= 0.6 is 0 Å². The van der Waals surface area contributed by atoms with Crippen LogP contribution in [0.15, 0.2) is 30.9 Å². The van der Waals surface area contributed by atoms with Gasteiger partial charge in [-0.05, 0) is 12.5 Å². The molecule has 4 heteroatoms. The Morgan fingerprint density at radius 3 is 2.88 bits per heavy atom. The Bertz CT molecular complexity index is 465. The summed E-state index contributed by atoms with van der Waals surface area (Å²) in [6.07, 6.45) is 9.20. The van der Waals surface area contributed by atoms with E-state index in [1.165, 1.54) is 6.20 Å². The maximum atomic E-state index is 9.33. The molecule has 4 nitrogen and oxygen atoms in total. The first-order chi connectivity index (χ1) is 7.79. The van der Waals surface area contributed by atoms with Crippen LogP contribution in [0.3, 0.4) is 0 Å². The average molecular weight is 217 g/mol. The first-order valence-corrected chi connectivity index (χ1v) is 5.46. The minimum absolute atomic E-state index is 0.179. The lowest BCUT2D eigenvalue weighted by Crippen LogP contribution is -1.96. The molecule has 84 valence electrons. The number of unbranched alkanes of at least 4 members (excludes halogenated alkanes) is 1. The number of hydrogen-bond acceptors (Lipinski definition) is 3. The Labute approximate surface area is 94.6 Å². The second-order valence-corrected chi connectivity index (χ2v) is 3.78. The van der Waals surface area contributed by atoms with Crippen LogP contribution in [0.4, 0.5) is 0 Å². The van der Waals surface area contributed by atoms with Gasteiger partial charge in [-0.2, -0.15) is 5.10 Å². The molecule has 0 fully saturated rings. The van der Waals surface area contributed by atoms with Gasteiger partial charge < -0.3 is 5.11 Å². The number of aryl methyl sites for hydroxylation is 1. The second kappa shape index (κ2) is 4.79. The predicted octanol–water partition coefficient (Wildman–Crippen LogP) is 2.45. The van der Waals surface area contributed by atoms with Gasteiger partial charge in [-0.15, -0.1) is 0 Å². The van der Waals surface area contributed by atoms with Crippen molar-refractivity contribution in [1.29, 1.82) is 0 Å². The van der Waals surface area contributed by atoms with Crippen LogP contribution in [0.1, 0.15) is 19.8 Å². The lowest BCUT2D eigenvalue weighted by Gasteiger charge is -1.98. The predicted molar refractivity (Wildman–Crippen MR) is 62.0 cm³/mol. The molecule has 1 N–H and O–H groups in total. The van der Waals surface area contributed by atoms with E-state index in [2.05, 4.69) is 17.0 Å². The van der Waals surface area contributed by atoms with E-state index in [-0.39, 0.29) is 5.75 Å². The monoisotopic (exact) mass is 217 g/mol. The molecule has 2 aromatic heterocycles. The maximum absolute atomic E-state index is 9.33. The largest absolute Gasteiger partial charge is 0.506 e. The fourth-order valence-electron chi connectivity index (χ4n) is 1.54. The summed E-state index contributed by atoms with van der Waals surface area (Å²) in [5.74, 6) is 0.179. The quantitative estimate of drug-likeness (QED) is 0.855. The van der Waals surface area contributed by atoms with Crippen molar-refractivity contribution in [2.45, 2.75) is 26.3 Å². The number of aromatic nitrogens is 3. The number of rotatable bonds is 4. The second-order valence-electron chi connectivity index (χ2n) is 3.78. The van der Waals surface area contributed by atoms with Gasteiger partial charge in [0.1, 0.15) is 5.75 Å². The van der Waals surface area contributed by atoms with Crippen LogP contribution in [0.5, 0.6) is 5.75 Å². The van der Waals surface area contributed by atoms with Crippen LogP contribution in [0, 0.1) is 0 Å². The van der Waals surface area contributed by atoms with E-state index in [1.807, 2.05) is 10.9 Å². The summed E-state index contributed by atoms with van der Waals surface area (Å²) >= 11 is 0. The van der Waals surface area contributed by atoms with E-state index in [4.69, 9.17) is 0 Å². The van der Waals surface area contributed by atoms with Crippen molar-refractivity contribution in [3.63, 3.8) is 0 Å². The molecule has 0 saturated carbocycles. The van der Waals surface area contributed by atoms with Gasteiger partial charge in [0.25, 0.3) is 0 Å². The Hall–Kier alpha value is -1.84. The summed E-state index contributed by atoms with van der Waals surface area (Å²) in [5, 5.41) is 13.6. The number of pyridine rings is 1. The van der Waals surface area contributed by atoms with E-state index in [0.717, 1.165) is 30.5 Å². The van der Waals surface area contributed by atoms with Crippen molar-refractivity contribution in [2.24, 2.45) is 0 Å². The van der Waals surface area contributed by atoms with Crippen molar-refractivity contribution in [2.75, 3.05) is 0 Å². The molecule has 0 saturated heterocycles. The molecule has 2 rings (SSSR count).